The zero-order valence-electron chi connectivity index (χ0n) is 7.66. The van der Waals surface area contributed by atoms with Crippen molar-refractivity contribution in [3.8, 4) is 0 Å². The predicted molar refractivity (Wildman–Crippen MR) is 53.4 cm³/mol. The van der Waals surface area contributed by atoms with E-state index in [9.17, 15) is 5.11 Å². The van der Waals surface area contributed by atoms with Gasteiger partial charge >= 0.3 is 0 Å². The van der Waals surface area contributed by atoms with Gasteiger partial charge in [-0.3, -0.25) is 0 Å². The van der Waals surface area contributed by atoms with Gasteiger partial charge in [0.2, 0.25) is 0 Å². The molecule has 0 spiro atoms. The van der Waals surface area contributed by atoms with Gasteiger partial charge in [-0.2, -0.15) is 0 Å². The molecule has 1 N–H and O–H groups in total. The fourth-order valence-corrected chi connectivity index (χ4v) is 1.76. The predicted octanol–water partition coefficient (Wildman–Crippen LogP) is 3.06. The molecule has 0 saturated heterocycles. The van der Waals surface area contributed by atoms with Crippen LogP contribution in [0.2, 0.25) is 0 Å². The Hall–Kier alpha value is -0.600. The number of allylic oxidation sites excluding steroid dienone is 1. The van der Waals surface area contributed by atoms with Crippen LogP contribution in [-0.2, 0) is 0 Å². The number of rotatable bonds is 2. The van der Waals surface area contributed by atoms with Crippen LogP contribution < -0.4 is 0 Å². The molecule has 1 aromatic rings. The van der Waals surface area contributed by atoms with Crippen LogP contribution in [0.5, 0.6) is 0 Å². The van der Waals surface area contributed by atoms with Gasteiger partial charge in [0.1, 0.15) is 0 Å². The molecular weight excluding hydrogens is 168 g/mol. The van der Waals surface area contributed by atoms with Crippen LogP contribution in [0.15, 0.2) is 23.1 Å². The second kappa shape index (κ2) is 3.87. The maximum Gasteiger partial charge on any atom is 0.0982 e. The highest BCUT2D eigenvalue weighted by Gasteiger charge is 2.04. The summed E-state index contributed by atoms with van der Waals surface area (Å²) in [7, 11) is 0. The van der Waals surface area contributed by atoms with Crippen LogP contribution in [0.3, 0.4) is 0 Å². The van der Waals surface area contributed by atoms with Crippen molar-refractivity contribution in [1.29, 1.82) is 0 Å². The Morgan fingerprint density at radius 3 is 2.67 bits per heavy atom. The second-order valence-electron chi connectivity index (χ2n) is 3.18. The van der Waals surface area contributed by atoms with E-state index >= 15 is 0 Å². The van der Waals surface area contributed by atoms with E-state index in [1.807, 2.05) is 38.3 Å². The molecule has 1 unspecified atom stereocenters. The normalized spacial score (nSPS) is 12.7. The Kier molecular flexibility index (Phi) is 3.06. The summed E-state index contributed by atoms with van der Waals surface area (Å²) in [6.07, 6.45) is 1.43. The number of hydrogen-bond acceptors (Lipinski definition) is 2. The van der Waals surface area contributed by atoms with Gasteiger partial charge in [-0.15, -0.1) is 11.3 Å². The molecule has 0 aromatic carbocycles. The van der Waals surface area contributed by atoms with Crippen molar-refractivity contribution in [2.75, 3.05) is 0 Å². The van der Waals surface area contributed by atoms with E-state index in [0.29, 0.717) is 0 Å². The minimum absolute atomic E-state index is 0.431. The van der Waals surface area contributed by atoms with Gasteiger partial charge in [0.25, 0.3) is 0 Å². The monoisotopic (exact) mass is 182 g/mol. The highest BCUT2D eigenvalue weighted by atomic mass is 32.1. The number of hydrogen-bond donors (Lipinski definition) is 1. The maximum atomic E-state index is 9.63. The van der Waals surface area contributed by atoms with Gasteiger partial charge in [0, 0.05) is 4.88 Å². The first-order valence-electron chi connectivity index (χ1n) is 3.97. The SMILES string of the molecule is CC(C)=CC(O)c1csc(C)c1. The third kappa shape index (κ3) is 2.47. The molecule has 1 aromatic heterocycles. The molecule has 1 heterocycles. The van der Waals surface area contributed by atoms with Gasteiger partial charge in [-0.1, -0.05) is 11.6 Å². The minimum Gasteiger partial charge on any atom is -0.384 e. The summed E-state index contributed by atoms with van der Waals surface area (Å²) in [5.41, 5.74) is 2.14. The summed E-state index contributed by atoms with van der Waals surface area (Å²) < 4.78 is 0. The first-order chi connectivity index (χ1) is 5.59. The summed E-state index contributed by atoms with van der Waals surface area (Å²) in [5.74, 6) is 0. The lowest BCUT2D eigenvalue weighted by Gasteiger charge is -2.02. The average Bonchev–Trinajstić information content (AvgIpc) is 2.34. The molecule has 0 bridgehead atoms. The molecule has 0 saturated carbocycles. The van der Waals surface area contributed by atoms with Crippen LogP contribution in [0, 0.1) is 6.92 Å². The van der Waals surface area contributed by atoms with Crippen molar-refractivity contribution in [2.45, 2.75) is 26.9 Å². The number of aliphatic hydroxyl groups excluding tert-OH is 1. The van der Waals surface area contributed by atoms with Gasteiger partial charge in [-0.25, -0.2) is 0 Å². The Morgan fingerprint density at radius 1 is 1.58 bits per heavy atom. The third-order valence-electron chi connectivity index (χ3n) is 1.58. The lowest BCUT2D eigenvalue weighted by Crippen LogP contribution is -1.90. The molecular formula is C10H14OS. The largest absolute Gasteiger partial charge is 0.384 e. The summed E-state index contributed by atoms with van der Waals surface area (Å²) in [6, 6.07) is 2.02. The number of thiophene rings is 1. The minimum atomic E-state index is -0.431. The highest BCUT2D eigenvalue weighted by Crippen LogP contribution is 2.21. The topological polar surface area (TPSA) is 20.2 Å². The van der Waals surface area contributed by atoms with Crippen LogP contribution >= 0.6 is 11.3 Å². The first kappa shape index (κ1) is 9.49. The summed E-state index contributed by atoms with van der Waals surface area (Å²) in [4.78, 5) is 1.24. The van der Waals surface area contributed by atoms with E-state index in [0.717, 1.165) is 11.1 Å². The zero-order chi connectivity index (χ0) is 9.14. The Labute approximate surface area is 77.4 Å². The van der Waals surface area contributed by atoms with E-state index in [2.05, 4.69) is 0 Å². The molecule has 0 radical (unpaired) electrons. The quantitative estimate of drug-likeness (QED) is 0.697. The van der Waals surface area contributed by atoms with Gasteiger partial charge in [0.05, 0.1) is 6.10 Å². The average molecular weight is 182 g/mol. The van der Waals surface area contributed by atoms with Gasteiger partial charge < -0.3 is 5.11 Å². The van der Waals surface area contributed by atoms with Crippen LogP contribution in [0.4, 0.5) is 0 Å². The lowest BCUT2D eigenvalue weighted by molar-refractivity contribution is 0.228. The Morgan fingerprint density at radius 2 is 2.25 bits per heavy atom. The van der Waals surface area contributed by atoms with Crippen molar-refractivity contribution >= 4 is 11.3 Å². The van der Waals surface area contributed by atoms with E-state index in [1.54, 1.807) is 11.3 Å². The number of aryl methyl sites for hydroxylation is 1. The van der Waals surface area contributed by atoms with Crippen molar-refractivity contribution < 1.29 is 5.11 Å². The summed E-state index contributed by atoms with van der Waals surface area (Å²) in [5, 5.41) is 11.6. The van der Waals surface area contributed by atoms with Crippen molar-refractivity contribution in [1.82, 2.24) is 0 Å². The second-order valence-corrected chi connectivity index (χ2v) is 4.29. The standard InChI is InChI=1S/C10H14OS/c1-7(2)4-10(11)9-5-8(3)12-6-9/h4-6,10-11H,1-3H3. The molecule has 0 aliphatic rings. The maximum absolute atomic E-state index is 9.63. The fourth-order valence-electron chi connectivity index (χ4n) is 1.03. The molecule has 1 atom stereocenters. The molecule has 66 valence electrons. The van der Waals surface area contributed by atoms with E-state index in [-0.39, 0.29) is 0 Å². The molecule has 0 amide bonds. The third-order valence-corrected chi connectivity index (χ3v) is 2.46. The smallest absolute Gasteiger partial charge is 0.0982 e. The van der Waals surface area contributed by atoms with Crippen LogP contribution in [0.25, 0.3) is 0 Å². The summed E-state index contributed by atoms with van der Waals surface area (Å²) in [6.45, 7) is 6.02. The van der Waals surface area contributed by atoms with Crippen molar-refractivity contribution in [3.05, 3.63) is 33.5 Å². The molecule has 0 aliphatic carbocycles. The molecule has 0 aliphatic heterocycles. The highest BCUT2D eigenvalue weighted by molar-refractivity contribution is 7.10. The summed E-state index contributed by atoms with van der Waals surface area (Å²) >= 11 is 1.67. The Balaban J connectivity index is 2.78. The van der Waals surface area contributed by atoms with Crippen LogP contribution in [0.1, 0.15) is 30.4 Å². The zero-order valence-corrected chi connectivity index (χ0v) is 8.48. The fraction of sp³-hybridized carbons (Fsp3) is 0.400. The molecule has 2 heteroatoms. The van der Waals surface area contributed by atoms with E-state index < -0.39 is 6.10 Å². The first-order valence-corrected chi connectivity index (χ1v) is 4.85. The molecule has 1 nitrogen and oxygen atoms in total. The van der Waals surface area contributed by atoms with Crippen molar-refractivity contribution in [3.63, 3.8) is 0 Å². The van der Waals surface area contributed by atoms with E-state index in [4.69, 9.17) is 0 Å². The van der Waals surface area contributed by atoms with Gasteiger partial charge in [-0.05, 0) is 37.8 Å². The van der Waals surface area contributed by atoms with E-state index in [1.165, 1.54) is 4.88 Å². The Bertz CT molecular complexity index is 282. The molecule has 0 fully saturated rings. The van der Waals surface area contributed by atoms with Gasteiger partial charge in [0.15, 0.2) is 0 Å². The number of aliphatic hydroxyl groups is 1. The van der Waals surface area contributed by atoms with Crippen molar-refractivity contribution in [2.24, 2.45) is 0 Å². The van der Waals surface area contributed by atoms with Crippen LogP contribution in [-0.4, -0.2) is 5.11 Å². The lowest BCUT2D eigenvalue weighted by atomic mass is 10.1. The molecule has 1 rings (SSSR count). The molecule has 12 heavy (non-hydrogen) atoms.